The summed E-state index contributed by atoms with van der Waals surface area (Å²) >= 11 is 0. The average molecular weight is 360 g/mol. The maximum Gasteiger partial charge on any atom is 0.268 e. The van der Waals surface area contributed by atoms with Crippen molar-refractivity contribution in [3.8, 4) is 5.75 Å². The van der Waals surface area contributed by atoms with E-state index in [-0.39, 0.29) is 5.91 Å². The van der Waals surface area contributed by atoms with Gasteiger partial charge in [0.2, 0.25) is 0 Å². The fourth-order valence-corrected chi connectivity index (χ4v) is 3.51. The van der Waals surface area contributed by atoms with Crippen LogP contribution in [0.2, 0.25) is 0 Å². The highest BCUT2D eigenvalue weighted by Crippen LogP contribution is 2.29. The number of nitrogens with zero attached hydrogens (tertiary/aromatic N) is 2. The van der Waals surface area contributed by atoms with Crippen molar-refractivity contribution in [2.45, 2.75) is 47.6 Å². The molecule has 26 heavy (non-hydrogen) atoms. The molecule has 1 amide bonds. The van der Waals surface area contributed by atoms with E-state index in [1.54, 1.807) is 0 Å². The number of hydrogen-bond acceptors (Lipinski definition) is 3. The molecule has 0 saturated heterocycles. The minimum absolute atomic E-state index is 0.0121. The van der Waals surface area contributed by atoms with Crippen molar-refractivity contribution >= 4 is 16.8 Å². The fraction of sp³-hybridized carbons (Fsp3) is 0.571. The SMILES string of the molecule is CCOc1ccc2c(c1)c(C)c(C(=O)NCCCN(CC)CC)n2CC. The molecular formula is C21H33N3O2. The van der Waals surface area contributed by atoms with Crippen molar-refractivity contribution in [3.05, 3.63) is 29.5 Å². The van der Waals surface area contributed by atoms with E-state index < -0.39 is 0 Å². The van der Waals surface area contributed by atoms with Crippen molar-refractivity contribution in [1.29, 1.82) is 0 Å². The summed E-state index contributed by atoms with van der Waals surface area (Å²) in [6.45, 7) is 15.6. The highest BCUT2D eigenvalue weighted by atomic mass is 16.5. The van der Waals surface area contributed by atoms with Gasteiger partial charge in [0.05, 0.1) is 6.61 Å². The number of amides is 1. The van der Waals surface area contributed by atoms with E-state index in [1.807, 2.05) is 32.0 Å². The maximum absolute atomic E-state index is 12.8. The Morgan fingerprint density at radius 3 is 2.54 bits per heavy atom. The Hall–Kier alpha value is -2.01. The van der Waals surface area contributed by atoms with Crippen LogP contribution < -0.4 is 10.1 Å². The summed E-state index contributed by atoms with van der Waals surface area (Å²) in [6.07, 6.45) is 0.966. The van der Waals surface area contributed by atoms with Crippen LogP contribution in [0.5, 0.6) is 5.75 Å². The molecule has 5 heteroatoms. The van der Waals surface area contributed by atoms with E-state index in [0.29, 0.717) is 13.2 Å². The summed E-state index contributed by atoms with van der Waals surface area (Å²) in [5, 5.41) is 4.19. The van der Waals surface area contributed by atoms with E-state index in [1.165, 1.54) is 0 Å². The van der Waals surface area contributed by atoms with Gasteiger partial charge in [0.15, 0.2) is 0 Å². The first kappa shape index (κ1) is 20.3. The van der Waals surface area contributed by atoms with Crippen molar-refractivity contribution in [1.82, 2.24) is 14.8 Å². The molecule has 0 radical (unpaired) electrons. The molecule has 0 aliphatic heterocycles. The molecule has 1 N–H and O–H groups in total. The van der Waals surface area contributed by atoms with Crippen molar-refractivity contribution < 1.29 is 9.53 Å². The Morgan fingerprint density at radius 2 is 1.92 bits per heavy atom. The largest absolute Gasteiger partial charge is 0.494 e. The van der Waals surface area contributed by atoms with Crippen LogP contribution in [0.4, 0.5) is 0 Å². The lowest BCUT2D eigenvalue weighted by Crippen LogP contribution is -2.31. The Bertz CT molecular complexity index is 732. The first-order chi connectivity index (χ1) is 12.6. The zero-order valence-electron chi connectivity index (χ0n) is 16.9. The van der Waals surface area contributed by atoms with Crippen molar-refractivity contribution in [2.24, 2.45) is 0 Å². The number of carbonyl (C=O) groups excluding carboxylic acids is 1. The normalized spacial score (nSPS) is 11.3. The molecule has 5 nitrogen and oxygen atoms in total. The smallest absolute Gasteiger partial charge is 0.268 e. The molecule has 0 bridgehead atoms. The molecule has 0 aliphatic carbocycles. The highest BCUT2D eigenvalue weighted by Gasteiger charge is 2.19. The second kappa shape index (κ2) is 9.62. The van der Waals surface area contributed by atoms with Gasteiger partial charge in [-0.25, -0.2) is 0 Å². The fourth-order valence-electron chi connectivity index (χ4n) is 3.51. The zero-order chi connectivity index (χ0) is 19.1. The Balaban J connectivity index is 2.17. The maximum atomic E-state index is 12.8. The minimum Gasteiger partial charge on any atom is -0.494 e. The van der Waals surface area contributed by atoms with Gasteiger partial charge < -0.3 is 19.5 Å². The molecule has 2 aromatic rings. The first-order valence-electron chi connectivity index (χ1n) is 9.83. The molecule has 1 heterocycles. The molecule has 0 atom stereocenters. The molecule has 0 unspecified atom stereocenters. The molecule has 144 valence electrons. The van der Waals surface area contributed by atoms with Crippen LogP contribution in [0.25, 0.3) is 10.9 Å². The molecule has 0 spiro atoms. The summed E-state index contributed by atoms with van der Waals surface area (Å²) in [6, 6.07) is 6.06. The number of aromatic nitrogens is 1. The third kappa shape index (κ3) is 4.39. The molecule has 1 aromatic heterocycles. The summed E-state index contributed by atoms with van der Waals surface area (Å²) in [5.41, 5.74) is 2.87. The van der Waals surface area contributed by atoms with Crippen LogP contribution in [0, 0.1) is 6.92 Å². The molecule has 0 fully saturated rings. The van der Waals surface area contributed by atoms with Crippen LogP contribution in [0.15, 0.2) is 18.2 Å². The lowest BCUT2D eigenvalue weighted by atomic mass is 10.1. The summed E-state index contributed by atoms with van der Waals surface area (Å²) in [5.74, 6) is 0.862. The number of nitrogens with one attached hydrogen (secondary N) is 1. The summed E-state index contributed by atoms with van der Waals surface area (Å²) < 4.78 is 7.72. The lowest BCUT2D eigenvalue weighted by Gasteiger charge is -2.17. The number of rotatable bonds is 10. The standard InChI is InChI=1S/C21H33N3O2/c1-6-23(7-2)14-10-13-22-21(25)20-16(5)18-15-17(26-9-4)11-12-19(18)24(20)8-3/h11-12,15H,6-10,13-14H2,1-5H3,(H,22,25). The van der Waals surface area contributed by atoms with Crippen LogP contribution in [0.3, 0.4) is 0 Å². The predicted octanol–water partition coefficient (Wildman–Crippen LogP) is 3.83. The third-order valence-electron chi connectivity index (χ3n) is 4.96. The van der Waals surface area contributed by atoms with Gasteiger partial charge in [-0.2, -0.15) is 0 Å². The van der Waals surface area contributed by atoms with E-state index in [2.05, 4.69) is 35.6 Å². The van der Waals surface area contributed by atoms with Crippen molar-refractivity contribution in [3.63, 3.8) is 0 Å². The lowest BCUT2D eigenvalue weighted by molar-refractivity contribution is 0.0942. The number of benzene rings is 1. The van der Waals surface area contributed by atoms with Gasteiger partial charge >= 0.3 is 0 Å². The van der Waals surface area contributed by atoms with Crippen LogP contribution in [-0.4, -0.2) is 48.2 Å². The number of carbonyl (C=O) groups is 1. The van der Waals surface area contributed by atoms with Gasteiger partial charge in [0.1, 0.15) is 11.4 Å². The van der Waals surface area contributed by atoms with Crippen LogP contribution in [-0.2, 0) is 6.54 Å². The van der Waals surface area contributed by atoms with Gasteiger partial charge in [0, 0.05) is 24.0 Å². The Labute approximate surface area is 157 Å². The predicted molar refractivity (Wildman–Crippen MR) is 108 cm³/mol. The zero-order valence-corrected chi connectivity index (χ0v) is 16.9. The van der Waals surface area contributed by atoms with Gasteiger partial charge in [-0.3, -0.25) is 4.79 Å². The molecular weight excluding hydrogens is 326 g/mol. The van der Waals surface area contributed by atoms with Crippen molar-refractivity contribution in [2.75, 3.05) is 32.8 Å². The topological polar surface area (TPSA) is 46.5 Å². The summed E-state index contributed by atoms with van der Waals surface area (Å²) in [7, 11) is 0. The number of ether oxygens (including phenoxy) is 1. The first-order valence-corrected chi connectivity index (χ1v) is 9.83. The van der Waals surface area contributed by atoms with Gasteiger partial charge in [-0.05, 0) is 70.6 Å². The average Bonchev–Trinajstić information content (AvgIpc) is 2.93. The number of fused-ring (bicyclic) bond motifs is 1. The highest BCUT2D eigenvalue weighted by molar-refractivity contribution is 6.02. The molecule has 1 aromatic carbocycles. The monoisotopic (exact) mass is 359 g/mol. The van der Waals surface area contributed by atoms with E-state index in [9.17, 15) is 4.79 Å². The van der Waals surface area contributed by atoms with Crippen LogP contribution in [0.1, 0.15) is 50.2 Å². The number of hydrogen-bond donors (Lipinski definition) is 1. The number of aryl methyl sites for hydroxylation is 2. The Kier molecular flexibility index (Phi) is 7.51. The minimum atomic E-state index is 0.0121. The van der Waals surface area contributed by atoms with E-state index in [0.717, 1.165) is 60.5 Å². The molecule has 2 rings (SSSR count). The van der Waals surface area contributed by atoms with Gasteiger partial charge in [0.25, 0.3) is 5.91 Å². The summed E-state index contributed by atoms with van der Waals surface area (Å²) in [4.78, 5) is 15.2. The van der Waals surface area contributed by atoms with E-state index >= 15 is 0 Å². The second-order valence-electron chi connectivity index (χ2n) is 6.47. The van der Waals surface area contributed by atoms with Crippen LogP contribution >= 0.6 is 0 Å². The molecule has 0 aliphatic rings. The third-order valence-corrected chi connectivity index (χ3v) is 4.96. The Morgan fingerprint density at radius 1 is 1.19 bits per heavy atom. The van der Waals surface area contributed by atoms with E-state index in [4.69, 9.17) is 4.74 Å². The van der Waals surface area contributed by atoms with Gasteiger partial charge in [-0.1, -0.05) is 13.8 Å². The van der Waals surface area contributed by atoms with Gasteiger partial charge in [-0.15, -0.1) is 0 Å². The second-order valence-corrected chi connectivity index (χ2v) is 6.47. The molecule has 0 saturated carbocycles. The quantitative estimate of drug-likeness (QED) is 0.656.